The number of carbonyl (C=O) groups excluding carboxylic acids is 1. The van der Waals surface area contributed by atoms with Gasteiger partial charge in [0.05, 0.1) is 35.6 Å². The first-order valence-corrected chi connectivity index (χ1v) is 10.2. The van der Waals surface area contributed by atoms with Gasteiger partial charge in [-0.1, -0.05) is 12.1 Å². The fraction of sp³-hybridized carbons (Fsp3) is 0.261. The van der Waals surface area contributed by atoms with Gasteiger partial charge in [-0.15, -0.1) is 0 Å². The SMILES string of the molecule is COCCN(CCOC)C(=O)c1ccc2[nH]c(-c3nc4ccccc4[nH]c3=O)c(N)c2c1. The molecular weight excluding hydrogens is 410 g/mol. The zero-order valence-electron chi connectivity index (χ0n) is 18.0. The number of nitrogen functional groups attached to an aromatic ring is 1. The molecule has 2 aromatic carbocycles. The Morgan fingerprint density at radius 3 is 2.47 bits per heavy atom. The summed E-state index contributed by atoms with van der Waals surface area (Å²) in [4.78, 5) is 37.9. The van der Waals surface area contributed by atoms with Crippen molar-refractivity contribution < 1.29 is 14.3 Å². The number of anilines is 1. The maximum absolute atomic E-state index is 13.1. The van der Waals surface area contributed by atoms with Gasteiger partial charge in [0.25, 0.3) is 11.5 Å². The number of aromatic amines is 2. The van der Waals surface area contributed by atoms with Gasteiger partial charge in [-0.2, -0.15) is 0 Å². The van der Waals surface area contributed by atoms with E-state index in [0.717, 1.165) is 0 Å². The number of nitrogens with zero attached hydrogens (tertiary/aromatic N) is 2. The Bertz CT molecular complexity index is 1320. The summed E-state index contributed by atoms with van der Waals surface area (Å²) in [6, 6.07) is 12.5. The lowest BCUT2D eigenvalue weighted by molar-refractivity contribution is 0.0627. The summed E-state index contributed by atoms with van der Waals surface area (Å²) in [5.41, 5.74) is 9.55. The average molecular weight is 435 g/mol. The van der Waals surface area contributed by atoms with E-state index in [0.29, 0.717) is 65.2 Å². The van der Waals surface area contributed by atoms with E-state index in [-0.39, 0.29) is 17.2 Å². The van der Waals surface area contributed by atoms with Gasteiger partial charge in [-0.05, 0) is 30.3 Å². The Morgan fingerprint density at radius 1 is 1.03 bits per heavy atom. The second-order valence-electron chi connectivity index (χ2n) is 7.38. The molecule has 0 radical (unpaired) electrons. The van der Waals surface area contributed by atoms with E-state index in [1.165, 1.54) is 0 Å². The van der Waals surface area contributed by atoms with Gasteiger partial charge >= 0.3 is 0 Å². The fourth-order valence-electron chi connectivity index (χ4n) is 3.63. The number of benzene rings is 2. The molecule has 2 heterocycles. The van der Waals surface area contributed by atoms with Gasteiger partial charge in [-0.25, -0.2) is 4.98 Å². The average Bonchev–Trinajstić information content (AvgIpc) is 3.14. The maximum Gasteiger partial charge on any atom is 0.276 e. The van der Waals surface area contributed by atoms with Crippen molar-refractivity contribution in [1.82, 2.24) is 19.9 Å². The van der Waals surface area contributed by atoms with Crippen LogP contribution in [-0.2, 0) is 9.47 Å². The monoisotopic (exact) mass is 435 g/mol. The highest BCUT2D eigenvalue weighted by Gasteiger charge is 2.20. The molecule has 9 nitrogen and oxygen atoms in total. The first-order chi connectivity index (χ1) is 15.5. The molecule has 4 N–H and O–H groups in total. The van der Waals surface area contributed by atoms with Crippen LogP contribution in [0.2, 0.25) is 0 Å². The van der Waals surface area contributed by atoms with Crippen LogP contribution in [0.4, 0.5) is 5.69 Å². The molecule has 0 atom stereocenters. The minimum atomic E-state index is -0.344. The van der Waals surface area contributed by atoms with Gasteiger partial charge in [0.2, 0.25) is 0 Å². The van der Waals surface area contributed by atoms with E-state index in [1.54, 1.807) is 43.4 Å². The lowest BCUT2D eigenvalue weighted by atomic mass is 10.1. The topological polar surface area (TPSA) is 126 Å². The highest BCUT2D eigenvalue weighted by molar-refractivity contribution is 6.04. The van der Waals surface area contributed by atoms with Crippen LogP contribution in [-0.4, -0.2) is 66.3 Å². The van der Waals surface area contributed by atoms with Crippen molar-refractivity contribution >= 4 is 33.5 Å². The molecular formula is C23H25N5O4. The lowest BCUT2D eigenvalue weighted by Gasteiger charge is -2.22. The number of fused-ring (bicyclic) bond motifs is 2. The smallest absolute Gasteiger partial charge is 0.276 e. The predicted octanol–water partition coefficient (Wildman–Crippen LogP) is 2.39. The molecule has 1 amide bonds. The summed E-state index contributed by atoms with van der Waals surface area (Å²) in [5, 5.41) is 0.652. The van der Waals surface area contributed by atoms with E-state index in [4.69, 9.17) is 15.2 Å². The molecule has 0 bridgehead atoms. The quantitative estimate of drug-likeness (QED) is 0.390. The Labute approximate surface area is 184 Å². The Balaban J connectivity index is 1.73. The summed E-state index contributed by atoms with van der Waals surface area (Å²) >= 11 is 0. The summed E-state index contributed by atoms with van der Waals surface area (Å²) in [6.45, 7) is 1.73. The second-order valence-corrected chi connectivity index (χ2v) is 7.38. The summed E-state index contributed by atoms with van der Waals surface area (Å²) in [6.07, 6.45) is 0. The molecule has 9 heteroatoms. The summed E-state index contributed by atoms with van der Waals surface area (Å²) in [7, 11) is 3.19. The number of hydrogen-bond acceptors (Lipinski definition) is 6. The van der Waals surface area contributed by atoms with Gasteiger partial charge < -0.3 is 30.1 Å². The lowest BCUT2D eigenvalue weighted by Crippen LogP contribution is -2.36. The number of nitrogens with one attached hydrogen (secondary N) is 2. The second kappa shape index (κ2) is 9.21. The van der Waals surface area contributed by atoms with Gasteiger partial charge in [-0.3, -0.25) is 9.59 Å². The number of ether oxygens (including phenoxy) is 2. The molecule has 2 aromatic heterocycles. The van der Waals surface area contributed by atoms with Crippen molar-refractivity contribution in [3.05, 3.63) is 58.4 Å². The molecule has 0 saturated heterocycles. The normalized spacial score (nSPS) is 11.3. The van der Waals surface area contributed by atoms with Crippen LogP contribution in [0.15, 0.2) is 47.3 Å². The van der Waals surface area contributed by atoms with E-state index >= 15 is 0 Å². The third-order valence-electron chi connectivity index (χ3n) is 5.34. The Kier molecular flexibility index (Phi) is 6.20. The molecule has 32 heavy (non-hydrogen) atoms. The van der Waals surface area contributed by atoms with Crippen LogP contribution in [0.5, 0.6) is 0 Å². The number of para-hydroxylation sites is 2. The minimum Gasteiger partial charge on any atom is -0.396 e. The van der Waals surface area contributed by atoms with Crippen LogP contribution in [0.3, 0.4) is 0 Å². The molecule has 0 aliphatic rings. The first-order valence-electron chi connectivity index (χ1n) is 10.2. The molecule has 166 valence electrons. The number of methoxy groups -OCH3 is 2. The number of rotatable bonds is 8. The maximum atomic E-state index is 13.1. The van der Waals surface area contributed by atoms with Crippen molar-refractivity contribution in [2.75, 3.05) is 46.3 Å². The molecule has 0 unspecified atom stereocenters. The Morgan fingerprint density at radius 2 is 1.75 bits per heavy atom. The van der Waals surface area contributed by atoms with Gasteiger partial charge in [0.1, 0.15) is 0 Å². The van der Waals surface area contributed by atoms with Crippen LogP contribution in [0, 0.1) is 0 Å². The van der Waals surface area contributed by atoms with Crippen molar-refractivity contribution in [1.29, 1.82) is 0 Å². The number of H-pyrrole nitrogens is 2. The van der Waals surface area contributed by atoms with Crippen LogP contribution < -0.4 is 11.3 Å². The van der Waals surface area contributed by atoms with Gasteiger partial charge in [0, 0.05) is 43.8 Å². The van der Waals surface area contributed by atoms with E-state index < -0.39 is 0 Å². The molecule has 0 spiro atoms. The first kappa shape index (κ1) is 21.5. The molecule has 0 saturated carbocycles. The molecule has 0 fully saturated rings. The largest absolute Gasteiger partial charge is 0.396 e. The number of amides is 1. The molecule has 0 aliphatic heterocycles. The number of nitrogens with two attached hydrogens (primary N) is 1. The van der Waals surface area contributed by atoms with Crippen LogP contribution >= 0.6 is 0 Å². The zero-order chi connectivity index (χ0) is 22.7. The van der Waals surface area contributed by atoms with Crippen LogP contribution in [0.1, 0.15) is 10.4 Å². The third kappa shape index (κ3) is 4.08. The highest BCUT2D eigenvalue weighted by atomic mass is 16.5. The standard InChI is InChI=1S/C23H25N5O4/c1-31-11-9-28(10-12-32-2)23(30)14-7-8-16-15(13-14)19(24)20(25-16)21-22(29)27-18-6-4-3-5-17(18)26-21/h3-8,13,25H,9-12,24H2,1-2H3,(H,27,29). The van der Waals surface area contributed by atoms with Gasteiger partial charge in [0.15, 0.2) is 5.69 Å². The number of carbonyl (C=O) groups is 1. The summed E-state index contributed by atoms with van der Waals surface area (Å²) < 4.78 is 10.2. The van der Waals surface area contributed by atoms with Crippen molar-refractivity contribution in [3.63, 3.8) is 0 Å². The van der Waals surface area contributed by atoms with Crippen molar-refractivity contribution in [2.24, 2.45) is 0 Å². The van der Waals surface area contributed by atoms with E-state index in [1.807, 2.05) is 18.2 Å². The Hall–Kier alpha value is -3.69. The van der Waals surface area contributed by atoms with Crippen molar-refractivity contribution in [2.45, 2.75) is 0 Å². The van der Waals surface area contributed by atoms with E-state index in [9.17, 15) is 9.59 Å². The third-order valence-corrected chi connectivity index (χ3v) is 5.34. The molecule has 4 rings (SSSR count). The van der Waals surface area contributed by atoms with E-state index in [2.05, 4.69) is 15.0 Å². The number of hydrogen-bond donors (Lipinski definition) is 3. The summed E-state index contributed by atoms with van der Waals surface area (Å²) in [5.74, 6) is -0.148. The molecule has 4 aromatic rings. The molecule has 0 aliphatic carbocycles. The highest BCUT2D eigenvalue weighted by Crippen LogP contribution is 2.31. The fourth-order valence-corrected chi connectivity index (χ4v) is 3.63. The van der Waals surface area contributed by atoms with Crippen LogP contribution in [0.25, 0.3) is 33.3 Å². The predicted molar refractivity (Wildman–Crippen MR) is 124 cm³/mol. The zero-order valence-corrected chi connectivity index (χ0v) is 18.0. The van der Waals surface area contributed by atoms with Crippen molar-refractivity contribution in [3.8, 4) is 11.4 Å². The minimum absolute atomic E-state index is 0.148. The number of aromatic nitrogens is 3.